The largest absolute Gasteiger partial charge is 0.491 e. The molecule has 0 aromatic heterocycles. The number of ether oxygens (including phenoxy) is 1. The van der Waals surface area contributed by atoms with Crippen molar-refractivity contribution in [3.8, 4) is 5.75 Å². The van der Waals surface area contributed by atoms with E-state index in [0.29, 0.717) is 22.7 Å². The minimum absolute atomic E-state index is 0.0158. The first-order valence-electron chi connectivity index (χ1n) is 10.9. The van der Waals surface area contributed by atoms with Gasteiger partial charge in [-0.3, -0.25) is 9.59 Å². The average Bonchev–Trinajstić information content (AvgIpc) is 3.05. The van der Waals surface area contributed by atoms with E-state index in [1.54, 1.807) is 36.4 Å². The monoisotopic (exact) mass is 444 g/mol. The maximum absolute atomic E-state index is 13.5. The van der Waals surface area contributed by atoms with E-state index < -0.39 is 11.8 Å². The van der Waals surface area contributed by atoms with E-state index in [-0.39, 0.29) is 23.2 Å². The summed E-state index contributed by atoms with van der Waals surface area (Å²) in [5.74, 6) is -0.606. The van der Waals surface area contributed by atoms with Crippen LogP contribution in [0.5, 0.6) is 5.75 Å². The number of carbonyl (C=O) groups excluding carboxylic acids is 2. The van der Waals surface area contributed by atoms with Crippen molar-refractivity contribution in [1.82, 2.24) is 0 Å². The Morgan fingerprint density at radius 3 is 2.09 bits per heavy atom. The molecule has 0 aliphatic carbocycles. The van der Waals surface area contributed by atoms with Crippen molar-refractivity contribution in [3.63, 3.8) is 0 Å². The Kier molecular flexibility index (Phi) is 6.27. The van der Waals surface area contributed by atoms with Gasteiger partial charge in [0, 0.05) is 5.69 Å². The molecule has 168 valence electrons. The molecular formula is C27H25FN2O3. The molecule has 0 bridgehead atoms. The van der Waals surface area contributed by atoms with Crippen molar-refractivity contribution in [2.24, 2.45) is 0 Å². The first-order valence-corrected chi connectivity index (χ1v) is 10.9. The summed E-state index contributed by atoms with van der Waals surface area (Å²) >= 11 is 0. The molecule has 3 aromatic rings. The van der Waals surface area contributed by atoms with E-state index in [0.717, 1.165) is 12.0 Å². The third-order valence-corrected chi connectivity index (χ3v) is 5.32. The smallest absolute Gasteiger partial charge is 0.282 e. The number of rotatable bonds is 7. The van der Waals surface area contributed by atoms with Crippen LogP contribution in [0, 0.1) is 5.82 Å². The van der Waals surface area contributed by atoms with Crippen LogP contribution in [0.4, 0.5) is 15.8 Å². The van der Waals surface area contributed by atoms with Crippen LogP contribution < -0.4 is 15.0 Å². The molecule has 3 aromatic carbocycles. The lowest BCUT2D eigenvalue weighted by Gasteiger charge is -2.16. The molecule has 1 aliphatic rings. The highest BCUT2D eigenvalue weighted by Gasteiger charge is 2.40. The van der Waals surface area contributed by atoms with Gasteiger partial charge in [0.15, 0.2) is 0 Å². The van der Waals surface area contributed by atoms with Gasteiger partial charge >= 0.3 is 0 Å². The number of aryl methyl sites for hydroxylation is 1. The lowest BCUT2D eigenvalue weighted by Crippen LogP contribution is -2.32. The summed E-state index contributed by atoms with van der Waals surface area (Å²) < 4.78 is 19.1. The van der Waals surface area contributed by atoms with Crippen LogP contribution in [0.15, 0.2) is 78.5 Å². The van der Waals surface area contributed by atoms with E-state index in [9.17, 15) is 14.0 Å². The van der Waals surface area contributed by atoms with E-state index in [1.165, 1.54) is 29.2 Å². The van der Waals surface area contributed by atoms with Gasteiger partial charge in [0.05, 0.1) is 17.4 Å². The van der Waals surface area contributed by atoms with Crippen LogP contribution in [0.2, 0.25) is 0 Å². The fourth-order valence-electron chi connectivity index (χ4n) is 3.68. The summed E-state index contributed by atoms with van der Waals surface area (Å²) in [6.07, 6.45) is 0.871. The molecule has 0 radical (unpaired) electrons. The molecule has 0 spiro atoms. The Morgan fingerprint density at radius 2 is 1.52 bits per heavy atom. The van der Waals surface area contributed by atoms with Crippen LogP contribution in [0.1, 0.15) is 31.9 Å². The summed E-state index contributed by atoms with van der Waals surface area (Å²) in [5.41, 5.74) is 3.09. The lowest BCUT2D eigenvalue weighted by atomic mass is 10.0. The minimum Gasteiger partial charge on any atom is -0.491 e. The molecule has 1 heterocycles. The molecule has 0 unspecified atom stereocenters. The average molecular weight is 445 g/mol. The van der Waals surface area contributed by atoms with Crippen molar-refractivity contribution in [1.29, 1.82) is 0 Å². The van der Waals surface area contributed by atoms with Gasteiger partial charge in [0.1, 0.15) is 17.3 Å². The molecule has 5 nitrogen and oxygen atoms in total. The Bertz CT molecular complexity index is 1200. The number of hydrogen-bond donors (Lipinski definition) is 1. The number of nitrogens with one attached hydrogen (secondary N) is 1. The zero-order valence-electron chi connectivity index (χ0n) is 18.8. The first kappa shape index (κ1) is 22.3. The van der Waals surface area contributed by atoms with Crippen LogP contribution in [0.3, 0.4) is 0 Å². The molecule has 0 atom stereocenters. The summed E-state index contributed by atoms with van der Waals surface area (Å²) in [5, 5.41) is 3.04. The second-order valence-electron chi connectivity index (χ2n) is 8.04. The minimum atomic E-state index is -0.467. The van der Waals surface area contributed by atoms with Crippen LogP contribution in [-0.4, -0.2) is 17.9 Å². The van der Waals surface area contributed by atoms with Crippen LogP contribution in [-0.2, 0) is 16.0 Å². The normalized spacial score (nSPS) is 13.8. The SMILES string of the molecule is CCc1ccc(N2C(=O)C(Nc3ccc(F)cc3)=C(c3ccc(OC(C)C)cc3)C2=O)cc1. The number of amides is 2. The third kappa shape index (κ3) is 4.65. The molecule has 1 N–H and O–H groups in total. The summed E-state index contributed by atoms with van der Waals surface area (Å²) in [4.78, 5) is 28.1. The molecular weight excluding hydrogens is 419 g/mol. The zero-order valence-corrected chi connectivity index (χ0v) is 18.8. The Hall–Kier alpha value is -3.93. The van der Waals surface area contributed by atoms with Gasteiger partial charge in [-0.2, -0.15) is 0 Å². The van der Waals surface area contributed by atoms with Crippen LogP contribution >= 0.6 is 0 Å². The molecule has 0 fully saturated rings. The van der Waals surface area contributed by atoms with E-state index in [1.807, 2.05) is 32.9 Å². The van der Waals surface area contributed by atoms with E-state index >= 15 is 0 Å². The quantitative estimate of drug-likeness (QED) is 0.484. The lowest BCUT2D eigenvalue weighted by molar-refractivity contribution is -0.120. The number of halogens is 1. The number of hydrogen-bond acceptors (Lipinski definition) is 4. The highest BCUT2D eigenvalue weighted by Crippen LogP contribution is 2.34. The molecule has 6 heteroatoms. The van der Waals surface area contributed by atoms with Crippen molar-refractivity contribution in [3.05, 3.63) is 95.4 Å². The molecule has 0 saturated heterocycles. The van der Waals surface area contributed by atoms with Crippen molar-refractivity contribution in [2.75, 3.05) is 10.2 Å². The van der Waals surface area contributed by atoms with Crippen molar-refractivity contribution < 1.29 is 18.7 Å². The fraction of sp³-hybridized carbons (Fsp3) is 0.185. The topological polar surface area (TPSA) is 58.6 Å². The standard InChI is InChI=1S/C27H25FN2O3/c1-4-18-5-13-22(14-6-18)30-26(31)24(19-7-15-23(16-8-19)33-17(2)3)25(27(30)32)29-21-11-9-20(28)10-12-21/h5-17,29H,4H2,1-3H3. The Balaban J connectivity index is 1.75. The summed E-state index contributed by atoms with van der Waals surface area (Å²) in [6, 6.07) is 20.0. The maximum Gasteiger partial charge on any atom is 0.282 e. The van der Waals surface area contributed by atoms with Gasteiger partial charge in [0.2, 0.25) is 0 Å². The van der Waals surface area contributed by atoms with Crippen molar-refractivity contribution >= 4 is 28.8 Å². The highest BCUT2D eigenvalue weighted by molar-refractivity contribution is 6.46. The van der Waals surface area contributed by atoms with Gasteiger partial charge < -0.3 is 10.1 Å². The van der Waals surface area contributed by atoms with Gasteiger partial charge in [-0.1, -0.05) is 31.2 Å². The highest BCUT2D eigenvalue weighted by atomic mass is 19.1. The number of nitrogens with zero attached hydrogens (tertiary/aromatic N) is 1. The molecule has 2 amide bonds. The number of anilines is 2. The molecule has 0 saturated carbocycles. The predicted molar refractivity (Wildman–Crippen MR) is 127 cm³/mol. The number of carbonyl (C=O) groups is 2. The second-order valence-corrected chi connectivity index (χ2v) is 8.04. The summed E-state index contributed by atoms with van der Waals surface area (Å²) in [7, 11) is 0. The van der Waals surface area contributed by atoms with E-state index in [2.05, 4.69) is 5.32 Å². The van der Waals surface area contributed by atoms with Gasteiger partial charge in [-0.15, -0.1) is 0 Å². The Labute approximate surface area is 192 Å². The number of benzene rings is 3. The third-order valence-electron chi connectivity index (χ3n) is 5.32. The maximum atomic E-state index is 13.5. The van der Waals surface area contributed by atoms with Gasteiger partial charge in [0.25, 0.3) is 11.8 Å². The second kappa shape index (κ2) is 9.28. The molecule has 4 rings (SSSR count). The van der Waals surface area contributed by atoms with E-state index in [4.69, 9.17) is 4.74 Å². The van der Waals surface area contributed by atoms with Crippen molar-refractivity contribution in [2.45, 2.75) is 33.3 Å². The van der Waals surface area contributed by atoms with Gasteiger partial charge in [-0.05, 0) is 79.9 Å². The number of imide groups is 1. The summed E-state index contributed by atoms with van der Waals surface area (Å²) in [6.45, 7) is 5.90. The molecule has 1 aliphatic heterocycles. The zero-order chi connectivity index (χ0) is 23.5. The molecule has 33 heavy (non-hydrogen) atoms. The van der Waals surface area contributed by atoms with Gasteiger partial charge in [-0.25, -0.2) is 9.29 Å². The predicted octanol–water partition coefficient (Wildman–Crippen LogP) is 5.57. The fourth-order valence-corrected chi connectivity index (χ4v) is 3.68. The first-order chi connectivity index (χ1) is 15.9. The van der Waals surface area contributed by atoms with Crippen LogP contribution in [0.25, 0.3) is 5.57 Å². The Morgan fingerprint density at radius 1 is 0.879 bits per heavy atom.